The summed E-state index contributed by atoms with van der Waals surface area (Å²) >= 11 is 0. The molecule has 0 fully saturated rings. The minimum atomic E-state index is -0.298. The van der Waals surface area contributed by atoms with Gasteiger partial charge < -0.3 is 4.74 Å². The van der Waals surface area contributed by atoms with Crippen LogP contribution in [0.1, 0.15) is 43.0 Å². The van der Waals surface area contributed by atoms with Gasteiger partial charge >= 0.3 is 0 Å². The second-order valence-electron chi connectivity index (χ2n) is 4.83. The second-order valence-corrected chi connectivity index (χ2v) is 4.83. The van der Waals surface area contributed by atoms with Crippen LogP contribution in [0.3, 0.4) is 0 Å². The van der Waals surface area contributed by atoms with Gasteiger partial charge in [-0.3, -0.25) is 11.3 Å². The third kappa shape index (κ3) is 2.86. The molecule has 2 unspecified atom stereocenters. The van der Waals surface area contributed by atoms with Crippen molar-refractivity contribution in [3.05, 3.63) is 34.9 Å². The quantitative estimate of drug-likeness (QED) is 0.610. The predicted molar refractivity (Wildman–Crippen MR) is 71.7 cm³/mol. The summed E-state index contributed by atoms with van der Waals surface area (Å²) in [5.41, 5.74) is 6.28. The van der Waals surface area contributed by atoms with Crippen LogP contribution in [0.2, 0.25) is 0 Å². The van der Waals surface area contributed by atoms with E-state index in [0.717, 1.165) is 6.42 Å². The number of hydrogen-bond donors (Lipinski definition) is 2. The highest BCUT2D eigenvalue weighted by molar-refractivity contribution is 5.34. The number of nitrogens with two attached hydrogens (primary N) is 1. The van der Waals surface area contributed by atoms with Crippen LogP contribution in [0.5, 0.6) is 0 Å². The number of aryl methyl sites for hydroxylation is 2. The predicted octanol–water partition coefficient (Wildman–Crippen LogP) is 2.62. The zero-order valence-electron chi connectivity index (χ0n) is 11.5. The Bertz CT molecular complexity index is 372. The lowest BCUT2D eigenvalue weighted by molar-refractivity contribution is -0.0302. The van der Waals surface area contributed by atoms with Crippen LogP contribution in [-0.4, -0.2) is 12.7 Å². The number of ether oxygens (including phenoxy) is 1. The normalized spacial score (nSPS) is 16.6. The maximum absolute atomic E-state index is 5.73. The average Bonchev–Trinajstić information content (AvgIpc) is 2.34. The van der Waals surface area contributed by atoms with Gasteiger partial charge in [0.2, 0.25) is 0 Å². The summed E-state index contributed by atoms with van der Waals surface area (Å²) < 4.78 is 5.65. The molecule has 0 aromatic heterocycles. The van der Waals surface area contributed by atoms with Crippen LogP contribution in [0, 0.1) is 13.8 Å². The standard InChI is InChI=1S/C14H24N2O/c1-6-14(4,17-5)13(16-15)12-9-10(2)7-8-11(12)3/h7-9,13,16H,6,15H2,1-5H3. The Morgan fingerprint density at radius 3 is 2.53 bits per heavy atom. The lowest BCUT2D eigenvalue weighted by Gasteiger charge is -2.36. The molecule has 1 rings (SSSR count). The van der Waals surface area contributed by atoms with Gasteiger partial charge in [0, 0.05) is 7.11 Å². The first-order valence-electron chi connectivity index (χ1n) is 6.07. The number of benzene rings is 1. The van der Waals surface area contributed by atoms with Gasteiger partial charge in [0.05, 0.1) is 11.6 Å². The molecule has 1 aromatic rings. The number of nitrogens with one attached hydrogen (secondary N) is 1. The van der Waals surface area contributed by atoms with Crippen LogP contribution in [0.4, 0.5) is 0 Å². The fourth-order valence-electron chi connectivity index (χ4n) is 2.13. The SMILES string of the molecule is CCC(C)(OC)C(NN)c1cc(C)ccc1C. The van der Waals surface area contributed by atoms with E-state index in [0.29, 0.717) is 0 Å². The molecule has 0 bridgehead atoms. The maximum Gasteiger partial charge on any atom is 0.0854 e. The van der Waals surface area contributed by atoms with Crippen molar-refractivity contribution in [3.8, 4) is 0 Å². The first-order chi connectivity index (χ1) is 7.98. The van der Waals surface area contributed by atoms with Gasteiger partial charge in [0.15, 0.2) is 0 Å². The van der Waals surface area contributed by atoms with Crippen LogP contribution >= 0.6 is 0 Å². The highest BCUT2D eigenvalue weighted by atomic mass is 16.5. The molecule has 0 aliphatic rings. The molecule has 0 saturated heterocycles. The summed E-state index contributed by atoms with van der Waals surface area (Å²) in [6.45, 7) is 8.38. The van der Waals surface area contributed by atoms with Gasteiger partial charge in [-0.05, 0) is 38.3 Å². The average molecular weight is 236 g/mol. The monoisotopic (exact) mass is 236 g/mol. The van der Waals surface area contributed by atoms with Crippen molar-refractivity contribution in [2.24, 2.45) is 5.84 Å². The Balaban J connectivity index is 3.21. The molecule has 17 heavy (non-hydrogen) atoms. The molecule has 0 amide bonds. The molecule has 3 heteroatoms. The third-order valence-corrected chi connectivity index (χ3v) is 3.69. The van der Waals surface area contributed by atoms with Crippen LogP contribution in [-0.2, 0) is 4.74 Å². The summed E-state index contributed by atoms with van der Waals surface area (Å²) in [6.07, 6.45) is 0.895. The minimum Gasteiger partial charge on any atom is -0.376 e. The van der Waals surface area contributed by atoms with Crippen LogP contribution in [0.15, 0.2) is 18.2 Å². The number of rotatable bonds is 5. The van der Waals surface area contributed by atoms with Crippen molar-refractivity contribution in [3.63, 3.8) is 0 Å². The van der Waals surface area contributed by atoms with E-state index in [1.165, 1.54) is 16.7 Å². The van der Waals surface area contributed by atoms with Crippen molar-refractivity contribution in [1.82, 2.24) is 5.43 Å². The Labute approximate surface area is 104 Å². The number of hydrogen-bond acceptors (Lipinski definition) is 3. The molecule has 2 atom stereocenters. The van der Waals surface area contributed by atoms with Crippen molar-refractivity contribution in [2.75, 3.05) is 7.11 Å². The lowest BCUT2D eigenvalue weighted by Crippen LogP contribution is -2.46. The van der Waals surface area contributed by atoms with Crippen molar-refractivity contribution in [1.29, 1.82) is 0 Å². The Kier molecular flexibility index (Phi) is 4.69. The van der Waals surface area contributed by atoms with E-state index in [1.807, 2.05) is 0 Å². The molecule has 3 nitrogen and oxygen atoms in total. The fraction of sp³-hybridized carbons (Fsp3) is 0.571. The first-order valence-corrected chi connectivity index (χ1v) is 6.07. The third-order valence-electron chi connectivity index (χ3n) is 3.69. The number of hydrazine groups is 1. The van der Waals surface area contributed by atoms with E-state index in [4.69, 9.17) is 10.6 Å². The second kappa shape index (κ2) is 5.63. The maximum atomic E-state index is 5.73. The van der Waals surface area contributed by atoms with Gasteiger partial charge in [0.1, 0.15) is 0 Å². The Morgan fingerprint density at radius 1 is 1.41 bits per heavy atom. The molecule has 3 N–H and O–H groups in total. The molecule has 0 aliphatic carbocycles. The Hall–Kier alpha value is -0.900. The van der Waals surface area contributed by atoms with E-state index in [1.54, 1.807) is 7.11 Å². The summed E-state index contributed by atoms with van der Waals surface area (Å²) in [7, 11) is 1.74. The van der Waals surface area contributed by atoms with Crippen molar-refractivity contribution in [2.45, 2.75) is 45.8 Å². The number of methoxy groups -OCH3 is 1. The smallest absolute Gasteiger partial charge is 0.0854 e. The van der Waals surface area contributed by atoms with E-state index in [-0.39, 0.29) is 11.6 Å². The van der Waals surface area contributed by atoms with E-state index in [2.05, 4.69) is 51.3 Å². The zero-order valence-corrected chi connectivity index (χ0v) is 11.5. The molecule has 0 aliphatic heterocycles. The molecule has 0 radical (unpaired) electrons. The first kappa shape index (κ1) is 14.2. The van der Waals surface area contributed by atoms with Crippen LogP contribution in [0.25, 0.3) is 0 Å². The largest absolute Gasteiger partial charge is 0.376 e. The highest BCUT2D eigenvalue weighted by Gasteiger charge is 2.33. The van der Waals surface area contributed by atoms with E-state index >= 15 is 0 Å². The summed E-state index contributed by atoms with van der Waals surface area (Å²) in [6, 6.07) is 6.41. The van der Waals surface area contributed by atoms with E-state index < -0.39 is 0 Å². The van der Waals surface area contributed by atoms with E-state index in [9.17, 15) is 0 Å². The van der Waals surface area contributed by atoms with Crippen molar-refractivity contribution >= 4 is 0 Å². The van der Waals surface area contributed by atoms with Crippen molar-refractivity contribution < 1.29 is 4.74 Å². The minimum absolute atomic E-state index is 0.00241. The molecule has 0 spiro atoms. The van der Waals surface area contributed by atoms with Gasteiger partial charge in [-0.25, -0.2) is 0 Å². The Morgan fingerprint density at radius 2 is 2.06 bits per heavy atom. The molecule has 0 saturated carbocycles. The molecule has 0 heterocycles. The van der Waals surface area contributed by atoms with Crippen LogP contribution < -0.4 is 11.3 Å². The van der Waals surface area contributed by atoms with Gasteiger partial charge in [-0.1, -0.05) is 30.7 Å². The summed E-state index contributed by atoms with van der Waals surface area (Å²) in [5, 5.41) is 0. The molecular weight excluding hydrogens is 212 g/mol. The van der Waals surface area contributed by atoms with Gasteiger partial charge in [0.25, 0.3) is 0 Å². The lowest BCUT2D eigenvalue weighted by atomic mass is 9.85. The highest BCUT2D eigenvalue weighted by Crippen LogP contribution is 2.33. The summed E-state index contributed by atoms with van der Waals surface area (Å²) in [4.78, 5) is 0. The summed E-state index contributed by atoms with van der Waals surface area (Å²) in [5.74, 6) is 5.73. The molecular formula is C14H24N2O. The fourth-order valence-corrected chi connectivity index (χ4v) is 2.13. The van der Waals surface area contributed by atoms with Gasteiger partial charge in [-0.2, -0.15) is 0 Å². The van der Waals surface area contributed by atoms with Gasteiger partial charge in [-0.15, -0.1) is 0 Å². The molecule has 1 aromatic carbocycles. The topological polar surface area (TPSA) is 47.3 Å². The zero-order chi connectivity index (χ0) is 13.1. The molecule has 96 valence electrons.